The minimum atomic E-state index is -0.0161. The van der Waals surface area contributed by atoms with Gasteiger partial charge >= 0.3 is 0 Å². The first-order valence-electron chi connectivity index (χ1n) is 6.31. The standard InChI is InChI=1S/C15H15NO2S/c1-10-6-7-14(19-10)15(17)16-9-12-8-11-4-2-3-5-13(11)18-12/h2-7,12H,8-9H2,1H3,(H,16,17)/t12-/m0/s1. The number of para-hydroxylation sites is 1. The summed E-state index contributed by atoms with van der Waals surface area (Å²) in [6, 6.07) is 11.8. The zero-order chi connectivity index (χ0) is 13.2. The van der Waals surface area contributed by atoms with Crippen molar-refractivity contribution in [2.75, 3.05) is 6.54 Å². The van der Waals surface area contributed by atoms with Crippen LogP contribution in [0.2, 0.25) is 0 Å². The van der Waals surface area contributed by atoms with Crippen LogP contribution in [0.25, 0.3) is 0 Å². The lowest BCUT2D eigenvalue weighted by atomic mass is 10.1. The number of ether oxygens (including phenoxy) is 1. The molecule has 1 aromatic carbocycles. The number of fused-ring (bicyclic) bond motifs is 1. The molecular formula is C15H15NO2S. The Balaban J connectivity index is 1.56. The first-order chi connectivity index (χ1) is 9.22. The van der Waals surface area contributed by atoms with Crippen LogP contribution in [0.3, 0.4) is 0 Å². The highest BCUT2D eigenvalue weighted by molar-refractivity contribution is 7.13. The molecule has 2 heterocycles. The van der Waals surface area contributed by atoms with E-state index in [2.05, 4.69) is 11.4 Å². The highest BCUT2D eigenvalue weighted by atomic mass is 32.1. The third-order valence-electron chi connectivity index (χ3n) is 3.17. The van der Waals surface area contributed by atoms with Gasteiger partial charge in [-0.1, -0.05) is 18.2 Å². The summed E-state index contributed by atoms with van der Waals surface area (Å²) in [5.74, 6) is 0.923. The molecule has 0 unspecified atom stereocenters. The Bertz CT molecular complexity index is 581. The number of hydrogen-bond acceptors (Lipinski definition) is 3. The van der Waals surface area contributed by atoms with Crippen LogP contribution in [-0.2, 0) is 6.42 Å². The van der Waals surface area contributed by atoms with Gasteiger partial charge in [0.25, 0.3) is 5.91 Å². The van der Waals surface area contributed by atoms with Crippen molar-refractivity contribution in [3.63, 3.8) is 0 Å². The summed E-state index contributed by atoms with van der Waals surface area (Å²) in [7, 11) is 0. The molecular weight excluding hydrogens is 258 g/mol. The molecule has 3 nitrogen and oxygen atoms in total. The highest BCUT2D eigenvalue weighted by Gasteiger charge is 2.22. The van der Waals surface area contributed by atoms with Crippen molar-refractivity contribution in [3.8, 4) is 5.75 Å². The number of carbonyl (C=O) groups excluding carboxylic acids is 1. The molecule has 0 radical (unpaired) electrons. The van der Waals surface area contributed by atoms with E-state index >= 15 is 0 Å². The normalized spacial score (nSPS) is 16.8. The van der Waals surface area contributed by atoms with Gasteiger partial charge < -0.3 is 10.1 Å². The smallest absolute Gasteiger partial charge is 0.261 e. The van der Waals surface area contributed by atoms with Crippen LogP contribution in [0.5, 0.6) is 5.75 Å². The number of thiophene rings is 1. The maximum atomic E-state index is 11.9. The molecule has 1 N–H and O–H groups in total. The molecule has 0 aliphatic carbocycles. The quantitative estimate of drug-likeness (QED) is 0.934. The molecule has 0 saturated carbocycles. The number of hydrogen-bond donors (Lipinski definition) is 1. The lowest BCUT2D eigenvalue weighted by molar-refractivity contribution is 0.0937. The Kier molecular flexibility index (Phi) is 3.25. The van der Waals surface area contributed by atoms with Crippen LogP contribution in [0, 0.1) is 6.92 Å². The lowest BCUT2D eigenvalue weighted by Crippen LogP contribution is -2.34. The minimum Gasteiger partial charge on any atom is -0.488 e. The lowest BCUT2D eigenvalue weighted by Gasteiger charge is -2.11. The maximum absolute atomic E-state index is 11.9. The van der Waals surface area contributed by atoms with Crippen molar-refractivity contribution in [1.82, 2.24) is 5.32 Å². The van der Waals surface area contributed by atoms with Crippen molar-refractivity contribution < 1.29 is 9.53 Å². The molecule has 0 spiro atoms. The molecule has 1 aromatic heterocycles. The molecule has 0 bridgehead atoms. The van der Waals surface area contributed by atoms with Crippen LogP contribution in [0.4, 0.5) is 0 Å². The van der Waals surface area contributed by atoms with Crippen molar-refractivity contribution in [3.05, 3.63) is 51.7 Å². The van der Waals surface area contributed by atoms with Crippen molar-refractivity contribution in [2.24, 2.45) is 0 Å². The molecule has 3 rings (SSSR count). The SMILES string of the molecule is Cc1ccc(C(=O)NC[C@@H]2Cc3ccccc3O2)s1. The van der Waals surface area contributed by atoms with E-state index in [1.54, 1.807) is 0 Å². The van der Waals surface area contributed by atoms with E-state index in [9.17, 15) is 4.79 Å². The monoisotopic (exact) mass is 273 g/mol. The number of aryl methyl sites for hydroxylation is 1. The Hall–Kier alpha value is -1.81. The van der Waals surface area contributed by atoms with Gasteiger partial charge in [-0.3, -0.25) is 4.79 Å². The fraction of sp³-hybridized carbons (Fsp3) is 0.267. The van der Waals surface area contributed by atoms with E-state index in [4.69, 9.17) is 4.74 Å². The van der Waals surface area contributed by atoms with E-state index in [0.717, 1.165) is 21.9 Å². The van der Waals surface area contributed by atoms with E-state index in [0.29, 0.717) is 6.54 Å². The second-order valence-corrected chi connectivity index (χ2v) is 5.96. The summed E-state index contributed by atoms with van der Waals surface area (Å²) in [4.78, 5) is 13.8. The van der Waals surface area contributed by atoms with Gasteiger partial charge in [-0.05, 0) is 30.7 Å². The second-order valence-electron chi connectivity index (χ2n) is 4.67. The topological polar surface area (TPSA) is 38.3 Å². The molecule has 0 fully saturated rings. The molecule has 19 heavy (non-hydrogen) atoms. The van der Waals surface area contributed by atoms with E-state index < -0.39 is 0 Å². The van der Waals surface area contributed by atoms with Gasteiger partial charge in [0.05, 0.1) is 11.4 Å². The minimum absolute atomic E-state index is 0.0161. The van der Waals surface area contributed by atoms with Crippen molar-refractivity contribution in [1.29, 1.82) is 0 Å². The third kappa shape index (κ3) is 2.63. The number of carbonyl (C=O) groups is 1. The molecule has 1 aliphatic heterocycles. The Morgan fingerprint density at radius 1 is 1.37 bits per heavy atom. The van der Waals surface area contributed by atoms with Crippen LogP contribution >= 0.6 is 11.3 Å². The molecule has 1 aliphatic rings. The summed E-state index contributed by atoms with van der Waals surface area (Å²) in [5.41, 5.74) is 1.22. The Morgan fingerprint density at radius 2 is 2.21 bits per heavy atom. The van der Waals surface area contributed by atoms with Gasteiger partial charge in [0.1, 0.15) is 11.9 Å². The fourth-order valence-corrected chi connectivity index (χ4v) is 3.00. The molecule has 4 heteroatoms. The van der Waals surface area contributed by atoms with Gasteiger partial charge in [-0.2, -0.15) is 0 Å². The summed E-state index contributed by atoms with van der Waals surface area (Å²) in [5, 5.41) is 2.94. The summed E-state index contributed by atoms with van der Waals surface area (Å²) in [6.45, 7) is 2.54. The average Bonchev–Trinajstić information content (AvgIpc) is 3.01. The zero-order valence-corrected chi connectivity index (χ0v) is 11.5. The van der Waals surface area contributed by atoms with Gasteiger partial charge in [-0.15, -0.1) is 11.3 Å². The predicted octanol–water partition coefficient (Wildman–Crippen LogP) is 2.79. The third-order valence-corrected chi connectivity index (χ3v) is 4.17. The van der Waals surface area contributed by atoms with E-state index in [1.807, 2.05) is 37.3 Å². The highest BCUT2D eigenvalue weighted by Crippen LogP contribution is 2.27. The van der Waals surface area contributed by atoms with Gasteiger partial charge in [-0.25, -0.2) is 0 Å². The Morgan fingerprint density at radius 3 is 2.95 bits per heavy atom. The summed E-state index contributed by atoms with van der Waals surface area (Å²) < 4.78 is 5.79. The zero-order valence-electron chi connectivity index (χ0n) is 10.7. The number of benzene rings is 1. The average molecular weight is 273 g/mol. The predicted molar refractivity (Wildman–Crippen MR) is 76.0 cm³/mol. The van der Waals surface area contributed by atoms with Crippen molar-refractivity contribution >= 4 is 17.2 Å². The first-order valence-corrected chi connectivity index (χ1v) is 7.13. The number of amides is 1. The van der Waals surface area contributed by atoms with Gasteiger partial charge in [0, 0.05) is 11.3 Å². The maximum Gasteiger partial charge on any atom is 0.261 e. The van der Waals surface area contributed by atoms with Crippen molar-refractivity contribution in [2.45, 2.75) is 19.4 Å². The van der Waals surface area contributed by atoms with E-state index in [-0.39, 0.29) is 12.0 Å². The Labute approximate surface area is 116 Å². The van der Waals surface area contributed by atoms with Gasteiger partial charge in [0.2, 0.25) is 0 Å². The van der Waals surface area contributed by atoms with Crippen LogP contribution in [0.15, 0.2) is 36.4 Å². The van der Waals surface area contributed by atoms with Crippen LogP contribution in [-0.4, -0.2) is 18.6 Å². The van der Waals surface area contributed by atoms with Gasteiger partial charge in [0.15, 0.2) is 0 Å². The van der Waals surface area contributed by atoms with E-state index in [1.165, 1.54) is 16.9 Å². The molecule has 1 atom stereocenters. The fourth-order valence-electron chi connectivity index (χ4n) is 2.22. The van der Waals surface area contributed by atoms with Crippen LogP contribution in [0.1, 0.15) is 20.1 Å². The molecule has 1 amide bonds. The summed E-state index contributed by atoms with van der Waals surface area (Å²) >= 11 is 1.51. The second kappa shape index (κ2) is 5.05. The number of nitrogens with one attached hydrogen (secondary N) is 1. The molecule has 98 valence electrons. The molecule has 0 saturated heterocycles. The summed E-state index contributed by atoms with van der Waals surface area (Å²) in [6.07, 6.45) is 0.905. The van der Waals surface area contributed by atoms with Crippen LogP contribution < -0.4 is 10.1 Å². The largest absolute Gasteiger partial charge is 0.488 e. The number of rotatable bonds is 3. The first kappa shape index (κ1) is 12.2. The molecule has 2 aromatic rings.